The van der Waals surface area contributed by atoms with E-state index in [1.165, 1.54) is 18.2 Å². The maximum atomic E-state index is 13.2. The average molecular weight is 515 g/mol. The number of aryl methyl sites for hydroxylation is 1. The van der Waals surface area contributed by atoms with Crippen molar-refractivity contribution in [3.8, 4) is 16.9 Å². The molecule has 2 aliphatic rings. The molecule has 1 aliphatic carbocycles. The average Bonchev–Trinajstić information content (AvgIpc) is 3.53. The lowest BCUT2D eigenvalue weighted by Crippen LogP contribution is -2.48. The monoisotopic (exact) mass is 514 g/mol. The molecule has 1 saturated heterocycles. The van der Waals surface area contributed by atoms with Crippen LogP contribution in [-0.4, -0.2) is 45.2 Å². The van der Waals surface area contributed by atoms with Gasteiger partial charge in [0.2, 0.25) is 5.95 Å². The lowest BCUT2D eigenvalue weighted by Gasteiger charge is -2.38. The number of fused-ring (bicyclic) bond motifs is 3. The number of pyridine rings is 1. The topological polar surface area (TPSA) is 67.6 Å². The first-order valence-electron chi connectivity index (χ1n) is 11.9. The molecule has 188 valence electrons. The number of hydrogen-bond acceptors (Lipinski definition) is 7. The Bertz CT molecular complexity index is 1400. The largest absolute Gasteiger partial charge is 0.496 e. The van der Waals surface area contributed by atoms with E-state index in [1.807, 2.05) is 13.0 Å². The first-order valence-corrected chi connectivity index (χ1v) is 12.6. The third-order valence-electron chi connectivity index (χ3n) is 7.24. The highest BCUT2D eigenvalue weighted by molar-refractivity contribution is 7.10. The van der Waals surface area contributed by atoms with Gasteiger partial charge in [-0.1, -0.05) is 0 Å². The van der Waals surface area contributed by atoms with E-state index < -0.39 is 11.7 Å². The number of halogens is 3. The first kappa shape index (κ1) is 23.1. The van der Waals surface area contributed by atoms with Gasteiger partial charge < -0.3 is 15.0 Å². The highest BCUT2D eigenvalue weighted by Crippen LogP contribution is 2.42. The summed E-state index contributed by atoms with van der Waals surface area (Å²) in [5, 5.41) is 9.44. The number of aromatic nitrogens is 4. The molecule has 7 nitrogen and oxygen atoms in total. The van der Waals surface area contributed by atoms with Crippen LogP contribution in [0.1, 0.15) is 24.1 Å². The number of piperidine rings is 1. The normalized spacial score (nSPS) is 21.8. The summed E-state index contributed by atoms with van der Waals surface area (Å²) >= 11 is 1.56. The van der Waals surface area contributed by atoms with Crippen molar-refractivity contribution in [3.63, 3.8) is 0 Å². The SMILES string of the molecule is COc1cc(C(F)(F)F)ccc1-c1cccn2nc(NC3[C@@H]4CC[C@H]3CN(c3cc(C)ns3)C4)nc12. The molecule has 0 radical (unpaired) electrons. The minimum Gasteiger partial charge on any atom is -0.496 e. The molecule has 1 aliphatic heterocycles. The molecule has 1 aromatic carbocycles. The number of anilines is 2. The molecule has 36 heavy (non-hydrogen) atoms. The molecule has 2 bridgehead atoms. The number of ether oxygens (including phenoxy) is 1. The van der Waals surface area contributed by atoms with Crippen molar-refractivity contribution in [1.29, 1.82) is 0 Å². The van der Waals surface area contributed by atoms with Gasteiger partial charge in [-0.25, -0.2) is 4.52 Å². The van der Waals surface area contributed by atoms with Gasteiger partial charge in [-0.2, -0.15) is 22.5 Å². The van der Waals surface area contributed by atoms with Crippen molar-refractivity contribution < 1.29 is 17.9 Å². The maximum absolute atomic E-state index is 13.2. The molecule has 0 spiro atoms. The van der Waals surface area contributed by atoms with Gasteiger partial charge in [-0.3, -0.25) is 0 Å². The minimum absolute atomic E-state index is 0.138. The first-order chi connectivity index (χ1) is 17.3. The summed E-state index contributed by atoms with van der Waals surface area (Å²) in [6.07, 6.45) is -0.357. The Morgan fingerprint density at radius 1 is 1.08 bits per heavy atom. The minimum atomic E-state index is -4.45. The van der Waals surface area contributed by atoms with Gasteiger partial charge in [-0.05, 0) is 79.5 Å². The van der Waals surface area contributed by atoms with Gasteiger partial charge in [0.25, 0.3) is 0 Å². The molecule has 1 unspecified atom stereocenters. The summed E-state index contributed by atoms with van der Waals surface area (Å²) in [5.41, 5.74) is 2.04. The molecule has 3 aromatic heterocycles. The highest BCUT2D eigenvalue weighted by Gasteiger charge is 2.43. The molecule has 3 atom stereocenters. The van der Waals surface area contributed by atoms with Crippen LogP contribution in [0.2, 0.25) is 0 Å². The van der Waals surface area contributed by atoms with E-state index in [0.717, 1.165) is 43.8 Å². The van der Waals surface area contributed by atoms with Crippen molar-refractivity contribution in [1.82, 2.24) is 19.0 Å². The van der Waals surface area contributed by atoms with Crippen LogP contribution in [0.4, 0.5) is 24.1 Å². The molecular formula is C25H25F3N6OS. The van der Waals surface area contributed by atoms with Gasteiger partial charge in [0.05, 0.1) is 18.4 Å². The number of methoxy groups -OCH3 is 1. The zero-order chi connectivity index (χ0) is 25.0. The van der Waals surface area contributed by atoms with E-state index >= 15 is 0 Å². The fraction of sp³-hybridized carbons (Fsp3) is 0.400. The van der Waals surface area contributed by atoms with E-state index in [4.69, 9.17) is 9.72 Å². The predicted octanol–water partition coefficient (Wildman–Crippen LogP) is 5.52. The molecule has 1 N–H and O–H groups in total. The van der Waals surface area contributed by atoms with Crippen molar-refractivity contribution >= 4 is 28.1 Å². The fourth-order valence-corrected chi connectivity index (χ4v) is 6.33. The third-order valence-corrected chi connectivity index (χ3v) is 8.18. The number of nitrogens with zero attached hydrogens (tertiary/aromatic N) is 5. The molecule has 11 heteroatoms. The molecule has 2 fully saturated rings. The second kappa shape index (κ2) is 8.65. The molecule has 4 heterocycles. The Morgan fingerprint density at radius 3 is 2.53 bits per heavy atom. The van der Waals surface area contributed by atoms with Crippen LogP contribution in [0.15, 0.2) is 42.6 Å². The zero-order valence-electron chi connectivity index (χ0n) is 19.8. The van der Waals surface area contributed by atoms with Crippen molar-refractivity contribution in [2.45, 2.75) is 32.0 Å². The molecular weight excluding hydrogens is 489 g/mol. The predicted molar refractivity (Wildman–Crippen MR) is 133 cm³/mol. The Hall–Kier alpha value is -3.34. The van der Waals surface area contributed by atoms with Crippen LogP contribution in [0.25, 0.3) is 16.8 Å². The van der Waals surface area contributed by atoms with Crippen LogP contribution in [-0.2, 0) is 6.18 Å². The van der Waals surface area contributed by atoms with Gasteiger partial charge in [0.15, 0.2) is 5.65 Å². The van der Waals surface area contributed by atoms with Crippen molar-refractivity contribution in [2.24, 2.45) is 11.8 Å². The summed E-state index contributed by atoms with van der Waals surface area (Å²) in [4.78, 5) is 7.19. The van der Waals surface area contributed by atoms with Gasteiger partial charge in [0.1, 0.15) is 10.8 Å². The van der Waals surface area contributed by atoms with E-state index in [1.54, 1.807) is 28.3 Å². The lowest BCUT2D eigenvalue weighted by atomic mass is 9.92. The van der Waals surface area contributed by atoms with Crippen LogP contribution < -0.4 is 15.0 Å². The van der Waals surface area contributed by atoms with Gasteiger partial charge in [-0.15, -0.1) is 5.10 Å². The summed E-state index contributed by atoms with van der Waals surface area (Å²) < 4.78 is 51.0. The number of rotatable bonds is 5. The Morgan fingerprint density at radius 2 is 1.86 bits per heavy atom. The summed E-state index contributed by atoms with van der Waals surface area (Å²) in [6, 6.07) is 9.55. The molecule has 1 saturated carbocycles. The lowest BCUT2D eigenvalue weighted by molar-refractivity contribution is -0.137. The Labute approximate surface area is 210 Å². The van der Waals surface area contributed by atoms with Gasteiger partial charge >= 0.3 is 6.18 Å². The van der Waals surface area contributed by atoms with Crippen LogP contribution in [0, 0.1) is 18.8 Å². The van der Waals surface area contributed by atoms with E-state index in [0.29, 0.717) is 34.6 Å². The summed E-state index contributed by atoms with van der Waals surface area (Å²) in [6.45, 7) is 3.96. The van der Waals surface area contributed by atoms with Crippen molar-refractivity contribution in [2.75, 3.05) is 30.4 Å². The molecule has 4 aromatic rings. The second-order valence-electron chi connectivity index (χ2n) is 9.52. The smallest absolute Gasteiger partial charge is 0.416 e. The van der Waals surface area contributed by atoms with E-state index in [-0.39, 0.29) is 11.8 Å². The van der Waals surface area contributed by atoms with Crippen LogP contribution >= 0.6 is 11.5 Å². The van der Waals surface area contributed by atoms with E-state index in [9.17, 15) is 13.2 Å². The molecule has 6 rings (SSSR count). The Kier molecular flexibility index (Phi) is 5.55. The zero-order valence-corrected chi connectivity index (χ0v) is 20.6. The van der Waals surface area contributed by atoms with Crippen LogP contribution in [0.3, 0.4) is 0 Å². The number of hydrogen-bond donors (Lipinski definition) is 1. The molecule has 0 amide bonds. The van der Waals surface area contributed by atoms with E-state index in [2.05, 4.69) is 25.8 Å². The Balaban J connectivity index is 1.27. The maximum Gasteiger partial charge on any atom is 0.416 e. The standard InChI is InChI=1S/C25H25F3N6OS/c1-14-10-21(36-32-14)33-12-15-5-6-16(13-33)22(15)29-24-30-23-19(4-3-9-34(23)31-24)18-8-7-17(25(26,27)28)11-20(18)35-2/h3-4,7-11,15-16,22H,5-6,12-13H2,1-2H3,(H,29,31)/t15-,16+,22?. The number of nitrogens with one attached hydrogen (secondary N) is 1. The number of benzene rings is 1. The third kappa shape index (κ3) is 4.04. The number of alkyl halides is 3. The van der Waals surface area contributed by atoms with Gasteiger partial charge in [0, 0.05) is 36.5 Å². The fourth-order valence-electron chi connectivity index (χ4n) is 5.55. The summed E-state index contributed by atoms with van der Waals surface area (Å²) in [7, 11) is 1.37. The quantitative estimate of drug-likeness (QED) is 0.379. The van der Waals surface area contributed by atoms with Crippen molar-refractivity contribution in [3.05, 3.63) is 53.9 Å². The second-order valence-corrected chi connectivity index (χ2v) is 10.3. The van der Waals surface area contributed by atoms with Crippen LogP contribution in [0.5, 0.6) is 5.75 Å². The summed E-state index contributed by atoms with van der Waals surface area (Å²) in [5.74, 6) is 1.62. The highest BCUT2D eigenvalue weighted by atomic mass is 32.1.